The summed E-state index contributed by atoms with van der Waals surface area (Å²) in [5.74, 6) is -0.609. The Balaban J connectivity index is 1.56. The predicted octanol–water partition coefficient (Wildman–Crippen LogP) is 2.07. The van der Waals surface area contributed by atoms with E-state index in [0.29, 0.717) is 11.2 Å². The molecule has 1 amide bonds. The van der Waals surface area contributed by atoms with E-state index in [1.54, 1.807) is 6.20 Å². The first kappa shape index (κ1) is 16.7. The van der Waals surface area contributed by atoms with Crippen molar-refractivity contribution in [3.8, 4) is 6.01 Å². The van der Waals surface area contributed by atoms with Gasteiger partial charge in [-0.1, -0.05) is 0 Å². The number of aromatic nitrogens is 3. The average Bonchev–Trinajstić information content (AvgIpc) is 3.08. The second kappa shape index (κ2) is 7.18. The molecule has 1 saturated heterocycles. The van der Waals surface area contributed by atoms with Gasteiger partial charge in [-0.2, -0.15) is 0 Å². The summed E-state index contributed by atoms with van der Waals surface area (Å²) in [7, 11) is 0. The minimum atomic E-state index is -0.482. The first-order valence-corrected chi connectivity index (χ1v) is 8.42. The van der Waals surface area contributed by atoms with Crippen LogP contribution in [0.4, 0.5) is 9.52 Å². The quantitative estimate of drug-likeness (QED) is 0.888. The van der Waals surface area contributed by atoms with Crippen LogP contribution in [-0.4, -0.2) is 44.4 Å². The lowest BCUT2D eigenvalue weighted by molar-refractivity contribution is -0.114. The summed E-state index contributed by atoms with van der Waals surface area (Å²) < 4.78 is 18.6. The zero-order valence-corrected chi connectivity index (χ0v) is 14.2. The number of nitrogens with zero attached hydrogens (tertiary/aromatic N) is 4. The Labute approximate surface area is 142 Å². The molecule has 24 heavy (non-hydrogen) atoms. The minimum Gasteiger partial charge on any atom is -0.459 e. The summed E-state index contributed by atoms with van der Waals surface area (Å²) >= 11 is 1.47. The van der Waals surface area contributed by atoms with Gasteiger partial charge < -0.3 is 10.1 Å². The van der Waals surface area contributed by atoms with Crippen LogP contribution >= 0.6 is 11.3 Å². The van der Waals surface area contributed by atoms with Gasteiger partial charge in [0.25, 0.3) is 0 Å². The summed E-state index contributed by atoms with van der Waals surface area (Å²) in [6.45, 7) is 5.06. The van der Waals surface area contributed by atoms with Crippen LogP contribution in [0.25, 0.3) is 0 Å². The highest BCUT2D eigenvalue weighted by Gasteiger charge is 2.31. The van der Waals surface area contributed by atoms with Gasteiger partial charge in [-0.15, -0.1) is 11.3 Å². The molecular formula is C15H18FN5O2S. The van der Waals surface area contributed by atoms with Crippen LogP contribution in [0.5, 0.6) is 6.01 Å². The molecule has 1 fully saturated rings. The highest BCUT2D eigenvalue weighted by molar-refractivity contribution is 7.15. The highest BCUT2D eigenvalue weighted by Crippen LogP contribution is 2.26. The number of amides is 1. The Hall–Kier alpha value is -2.13. The van der Waals surface area contributed by atoms with E-state index in [4.69, 9.17) is 4.74 Å². The number of thiazole rings is 1. The molecule has 0 unspecified atom stereocenters. The van der Waals surface area contributed by atoms with Crippen LogP contribution in [0.1, 0.15) is 25.1 Å². The van der Waals surface area contributed by atoms with E-state index in [9.17, 15) is 9.18 Å². The summed E-state index contributed by atoms with van der Waals surface area (Å²) in [5, 5.41) is 3.29. The van der Waals surface area contributed by atoms with Crippen molar-refractivity contribution in [1.29, 1.82) is 0 Å². The van der Waals surface area contributed by atoms with Crippen molar-refractivity contribution >= 4 is 22.4 Å². The largest absolute Gasteiger partial charge is 0.459 e. The lowest BCUT2D eigenvalue weighted by Crippen LogP contribution is -2.27. The van der Waals surface area contributed by atoms with Crippen LogP contribution in [0.3, 0.4) is 0 Å². The van der Waals surface area contributed by atoms with Gasteiger partial charge in [0.05, 0.1) is 12.4 Å². The van der Waals surface area contributed by atoms with Gasteiger partial charge in [-0.25, -0.2) is 19.3 Å². The zero-order chi connectivity index (χ0) is 17.1. The van der Waals surface area contributed by atoms with E-state index in [2.05, 4.69) is 32.1 Å². The average molecular weight is 351 g/mol. The molecule has 7 nitrogen and oxygen atoms in total. The van der Waals surface area contributed by atoms with E-state index in [1.807, 2.05) is 0 Å². The van der Waals surface area contributed by atoms with E-state index >= 15 is 0 Å². The van der Waals surface area contributed by atoms with Gasteiger partial charge in [0.2, 0.25) is 5.91 Å². The van der Waals surface area contributed by atoms with Crippen molar-refractivity contribution in [3.63, 3.8) is 0 Å². The number of ether oxygens (including phenoxy) is 1. The molecule has 0 aromatic carbocycles. The van der Waals surface area contributed by atoms with E-state index in [0.717, 1.165) is 36.8 Å². The number of nitrogens with one attached hydrogen (secondary N) is 1. The molecule has 9 heteroatoms. The first-order valence-electron chi connectivity index (χ1n) is 7.60. The van der Waals surface area contributed by atoms with Crippen LogP contribution in [0.2, 0.25) is 0 Å². The maximum atomic E-state index is 12.8. The molecule has 2 atom stereocenters. The second-order valence-corrected chi connectivity index (χ2v) is 6.87. The number of likely N-dealkylation sites (tertiary alicyclic amines) is 1. The lowest BCUT2D eigenvalue weighted by Gasteiger charge is -2.19. The van der Waals surface area contributed by atoms with Gasteiger partial charge in [-0.05, 0) is 6.92 Å². The Kier molecular flexibility index (Phi) is 5.00. The third-order valence-corrected chi connectivity index (χ3v) is 4.63. The fourth-order valence-corrected chi connectivity index (χ4v) is 3.54. The lowest BCUT2D eigenvalue weighted by atomic mass is 10.2. The zero-order valence-electron chi connectivity index (χ0n) is 13.4. The van der Waals surface area contributed by atoms with Gasteiger partial charge in [-0.3, -0.25) is 9.69 Å². The van der Waals surface area contributed by atoms with Crippen molar-refractivity contribution in [2.24, 2.45) is 0 Å². The molecule has 0 aliphatic carbocycles. The fourth-order valence-electron chi connectivity index (χ4n) is 2.65. The van der Waals surface area contributed by atoms with Crippen LogP contribution < -0.4 is 10.1 Å². The van der Waals surface area contributed by atoms with Crippen LogP contribution in [-0.2, 0) is 11.3 Å². The molecule has 1 aliphatic heterocycles. The maximum absolute atomic E-state index is 12.8. The monoisotopic (exact) mass is 351 g/mol. The SMILES string of the molecule is CC(=O)Nc1ncc(CN2C[C@H](Oc3ncc(F)cn3)C[C@@H]2C)s1. The number of carbonyl (C=O) groups excluding carboxylic acids is 1. The molecule has 0 radical (unpaired) electrons. The van der Waals surface area contributed by atoms with Crippen molar-refractivity contribution in [2.45, 2.75) is 39.0 Å². The molecule has 0 spiro atoms. The molecule has 2 aromatic rings. The van der Waals surface area contributed by atoms with Gasteiger partial charge in [0.15, 0.2) is 10.9 Å². The Morgan fingerprint density at radius 3 is 2.88 bits per heavy atom. The third kappa shape index (κ3) is 4.24. The topological polar surface area (TPSA) is 80.2 Å². The van der Waals surface area contributed by atoms with Gasteiger partial charge in [0.1, 0.15) is 6.10 Å². The number of carbonyl (C=O) groups is 1. The standard InChI is InChI=1S/C15H18FN5O2S/c1-9-3-12(23-14-17-4-11(16)5-18-14)7-21(9)8-13-6-19-15(24-13)20-10(2)22/h4-6,9,12H,3,7-8H2,1-2H3,(H,19,20,22)/t9-,12+/m0/s1. The molecular weight excluding hydrogens is 333 g/mol. The molecule has 1 N–H and O–H groups in total. The van der Waals surface area contributed by atoms with Gasteiger partial charge in [0, 0.05) is 43.5 Å². The van der Waals surface area contributed by atoms with Crippen molar-refractivity contribution < 1.29 is 13.9 Å². The fraction of sp³-hybridized carbons (Fsp3) is 0.467. The van der Waals surface area contributed by atoms with Crippen molar-refractivity contribution in [3.05, 3.63) is 29.3 Å². The predicted molar refractivity (Wildman–Crippen MR) is 87.3 cm³/mol. The smallest absolute Gasteiger partial charge is 0.316 e. The third-order valence-electron chi connectivity index (χ3n) is 3.73. The van der Waals surface area contributed by atoms with Crippen LogP contribution in [0.15, 0.2) is 18.6 Å². The van der Waals surface area contributed by atoms with Gasteiger partial charge >= 0.3 is 6.01 Å². The first-order chi connectivity index (χ1) is 11.5. The molecule has 2 aromatic heterocycles. The summed E-state index contributed by atoms with van der Waals surface area (Å²) in [6, 6.07) is 0.531. The number of rotatable bonds is 5. The summed E-state index contributed by atoms with van der Waals surface area (Å²) in [4.78, 5) is 26.3. The molecule has 3 heterocycles. The Bertz CT molecular complexity index is 708. The molecule has 128 valence electrons. The Morgan fingerprint density at radius 2 is 2.17 bits per heavy atom. The molecule has 3 rings (SSSR count). The van der Waals surface area contributed by atoms with E-state index in [-0.39, 0.29) is 18.0 Å². The van der Waals surface area contributed by atoms with Crippen molar-refractivity contribution in [1.82, 2.24) is 19.9 Å². The normalized spacial score (nSPS) is 21.0. The summed E-state index contributed by atoms with van der Waals surface area (Å²) in [5.41, 5.74) is 0. The molecule has 1 aliphatic rings. The Morgan fingerprint density at radius 1 is 1.42 bits per heavy atom. The van der Waals surface area contributed by atoms with Crippen LogP contribution in [0, 0.1) is 5.82 Å². The summed E-state index contributed by atoms with van der Waals surface area (Å²) in [6.07, 6.45) is 4.78. The number of halogens is 1. The molecule has 0 saturated carbocycles. The second-order valence-electron chi connectivity index (χ2n) is 5.75. The highest BCUT2D eigenvalue weighted by atomic mass is 32.1. The number of hydrogen-bond donors (Lipinski definition) is 1. The number of anilines is 1. The molecule has 0 bridgehead atoms. The maximum Gasteiger partial charge on any atom is 0.316 e. The van der Waals surface area contributed by atoms with Crippen molar-refractivity contribution in [2.75, 3.05) is 11.9 Å². The number of hydrogen-bond acceptors (Lipinski definition) is 7. The minimum absolute atomic E-state index is 0.0341. The van der Waals surface area contributed by atoms with E-state index in [1.165, 1.54) is 18.3 Å². The van der Waals surface area contributed by atoms with E-state index < -0.39 is 5.82 Å².